The van der Waals surface area contributed by atoms with Crippen LogP contribution in [0.15, 0.2) is 47.6 Å². The first-order chi connectivity index (χ1) is 16.0. The van der Waals surface area contributed by atoms with Crippen molar-refractivity contribution in [2.75, 3.05) is 12.0 Å². The number of methoxy groups -OCH3 is 1. The number of nitrogens with zero attached hydrogens (tertiary/aromatic N) is 1. The minimum Gasteiger partial charge on any atom is -0.469 e. The van der Waals surface area contributed by atoms with Gasteiger partial charge in [0.1, 0.15) is 5.60 Å². The van der Waals surface area contributed by atoms with Crippen molar-refractivity contribution in [1.29, 1.82) is 0 Å². The molecule has 0 bridgehead atoms. The van der Waals surface area contributed by atoms with Gasteiger partial charge in [0.05, 0.1) is 24.1 Å². The van der Waals surface area contributed by atoms with E-state index in [4.69, 9.17) is 9.47 Å². The fourth-order valence-electron chi connectivity index (χ4n) is 5.56. The first kappa shape index (κ1) is 23.9. The number of ketones is 1. The van der Waals surface area contributed by atoms with E-state index in [9.17, 15) is 19.2 Å². The Balaban J connectivity index is 1.91. The van der Waals surface area contributed by atoms with E-state index in [-0.39, 0.29) is 24.5 Å². The van der Waals surface area contributed by atoms with Gasteiger partial charge in [0.2, 0.25) is 5.91 Å². The van der Waals surface area contributed by atoms with Crippen LogP contribution in [0.4, 0.5) is 10.5 Å². The highest BCUT2D eigenvalue weighted by molar-refractivity contribution is 6.22. The zero-order valence-corrected chi connectivity index (χ0v) is 20.3. The molecule has 3 aliphatic rings. The number of ether oxygens (including phenoxy) is 2. The summed E-state index contributed by atoms with van der Waals surface area (Å²) < 4.78 is 10.7. The summed E-state index contributed by atoms with van der Waals surface area (Å²) in [6.45, 7) is 7.21. The third-order valence-electron chi connectivity index (χ3n) is 6.87. The number of fused-ring (bicyclic) bond motifs is 3. The maximum Gasteiger partial charge on any atom is 0.421 e. The number of rotatable bonds is 3. The van der Waals surface area contributed by atoms with Crippen molar-refractivity contribution in [2.24, 2.45) is 11.8 Å². The summed E-state index contributed by atoms with van der Waals surface area (Å²) in [5.74, 6) is -2.18. The minimum absolute atomic E-state index is 0.0842. The number of carbonyl (C=O) groups is 4. The molecule has 1 aromatic carbocycles. The van der Waals surface area contributed by atoms with Gasteiger partial charge in [0, 0.05) is 6.42 Å². The van der Waals surface area contributed by atoms with Crippen molar-refractivity contribution in [3.8, 4) is 0 Å². The first-order valence-electron chi connectivity index (χ1n) is 11.7. The highest BCUT2D eigenvalue weighted by Gasteiger charge is 2.61. The van der Waals surface area contributed by atoms with Gasteiger partial charge in [0.15, 0.2) is 5.78 Å². The van der Waals surface area contributed by atoms with E-state index in [1.54, 1.807) is 51.1 Å². The summed E-state index contributed by atoms with van der Waals surface area (Å²) in [7, 11) is 1.29. The Morgan fingerprint density at radius 3 is 2.53 bits per heavy atom. The molecule has 7 nitrogen and oxygen atoms in total. The van der Waals surface area contributed by atoms with Crippen molar-refractivity contribution in [3.63, 3.8) is 0 Å². The van der Waals surface area contributed by atoms with Gasteiger partial charge in [-0.1, -0.05) is 43.7 Å². The van der Waals surface area contributed by atoms with Gasteiger partial charge in [-0.15, -0.1) is 0 Å². The van der Waals surface area contributed by atoms with Crippen LogP contribution in [0.5, 0.6) is 0 Å². The maximum atomic E-state index is 14.2. The standard InChI is InChI=1S/C27H31NO6/c1-6-9-18-17-12-13-20(23(30)33-5)27(15-16(17)14-22(18)29)19-10-7-8-11-21(19)28(24(27)31)25(32)34-26(2,3)4/h7-8,10-13,16,20H,6,9,14-15H2,1-5H3. The van der Waals surface area contributed by atoms with Crippen molar-refractivity contribution < 1.29 is 28.7 Å². The second-order valence-electron chi connectivity index (χ2n) is 10.2. The number of carbonyl (C=O) groups excluding carboxylic acids is 4. The van der Waals surface area contributed by atoms with Gasteiger partial charge in [-0.2, -0.15) is 0 Å². The van der Waals surface area contributed by atoms with Crippen LogP contribution in [0.2, 0.25) is 0 Å². The van der Waals surface area contributed by atoms with Gasteiger partial charge in [-0.05, 0) is 62.3 Å². The lowest BCUT2D eigenvalue weighted by Crippen LogP contribution is -2.51. The van der Waals surface area contributed by atoms with Crippen LogP contribution < -0.4 is 4.90 Å². The summed E-state index contributed by atoms with van der Waals surface area (Å²) in [6.07, 6.45) is 4.70. The molecule has 1 aromatic rings. The predicted octanol–water partition coefficient (Wildman–Crippen LogP) is 4.64. The second-order valence-corrected chi connectivity index (χ2v) is 10.2. The summed E-state index contributed by atoms with van der Waals surface area (Å²) in [4.78, 5) is 54.4. The highest BCUT2D eigenvalue weighted by Crippen LogP contribution is 2.55. The molecule has 180 valence electrons. The summed E-state index contributed by atoms with van der Waals surface area (Å²) in [5.41, 5.74) is 0.436. The number of hydrogen-bond donors (Lipinski definition) is 0. The zero-order chi connectivity index (χ0) is 24.8. The van der Waals surface area contributed by atoms with E-state index in [1.165, 1.54) is 7.11 Å². The van der Waals surface area contributed by atoms with E-state index in [0.717, 1.165) is 22.5 Å². The third-order valence-corrected chi connectivity index (χ3v) is 6.87. The lowest BCUT2D eigenvalue weighted by atomic mass is 9.66. The fourth-order valence-corrected chi connectivity index (χ4v) is 5.56. The summed E-state index contributed by atoms with van der Waals surface area (Å²) in [5, 5.41) is 0. The number of imide groups is 1. The minimum atomic E-state index is -1.38. The molecule has 0 radical (unpaired) electrons. The number of Topliss-reactive ketones (excluding diaryl/α,β-unsaturated/α-hetero) is 1. The molecule has 2 aliphatic carbocycles. The van der Waals surface area contributed by atoms with Gasteiger partial charge in [-0.25, -0.2) is 9.69 Å². The molecule has 1 spiro atoms. The molecule has 3 unspecified atom stereocenters. The van der Waals surface area contributed by atoms with Crippen LogP contribution in [-0.2, 0) is 29.3 Å². The average Bonchev–Trinajstić information content (AvgIpc) is 3.11. The molecule has 2 amide bonds. The van der Waals surface area contributed by atoms with Crippen LogP contribution in [0.1, 0.15) is 58.9 Å². The number of esters is 1. The van der Waals surface area contributed by atoms with Crippen molar-refractivity contribution in [3.05, 3.63) is 53.1 Å². The van der Waals surface area contributed by atoms with Crippen molar-refractivity contribution in [1.82, 2.24) is 0 Å². The Morgan fingerprint density at radius 1 is 1.18 bits per heavy atom. The lowest BCUT2D eigenvalue weighted by Gasteiger charge is -2.34. The van der Waals surface area contributed by atoms with E-state index in [1.807, 2.05) is 13.0 Å². The number of hydrogen-bond acceptors (Lipinski definition) is 6. The molecule has 0 aromatic heterocycles. The van der Waals surface area contributed by atoms with Crippen LogP contribution >= 0.6 is 0 Å². The van der Waals surface area contributed by atoms with E-state index >= 15 is 0 Å². The second kappa shape index (κ2) is 8.53. The Labute approximate surface area is 199 Å². The average molecular weight is 466 g/mol. The fraction of sp³-hybridized carbons (Fsp3) is 0.481. The smallest absolute Gasteiger partial charge is 0.421 e. The molecule has 1 heterocycles. The number of para-hydroxylation sites is 1. The quantitative estimate of drug-likeness (QED) is 0.604. The summed E-state index contributed by atoms with van der Waals surface area (Å²) >= 11 is 0. The molecular weight excluding hydrogens is 434 g/mol. The number of amides is 2. The molecule has 0 saturated heterocycles. The van der Waals surface area contributed by atoms with E-state index in [2.05, 4.69) is 0 Å². The lowest BCUT2D eigenvalue weighted by molar-refractivity contribution is -0.149. The Kier molecular flexibility index (Phi) is 6.00. The SMILES string of the molecule is CCCC1=C2C=CC(C(=O)OC)C3(CC2CC1=O)C(=O)N(C(=O)OC(C)(C)C)c1ccccc13. The molecule has 3 atom stereocenters. The van der Waals surface area contributed by atoms with Crippen molar-refractivity contribution >= 4 is 29.4 Å². The normalized spacial score (nSPS) is 26.0. The van der Waals surface area contributed by atoms with Gasteiger partial charge >= 0.3 is 12.1 Å². The highest BCUT2D eigenvalue weighted by atomic mass is 16.6. The summed E-state index contributed by atoms with van der Waals surface area (Å²) in [6, 6.07) is 6.99. The van der Waals surface area contributed by atoms with Crippen LogP contribution in [-0.4, -0.2) is 36.5 Å². The molecule has 34 heavy (non-hydrogen) atoms. The number of anilines is 1. The Bertz CT molecular complexity index is 1120. The molecule has 0 N–H and O–H groups in total. The molecule has 0 fully saturated rings. The molecular formula is C27H31NO6. The van der Waals surface area contributed by atoms with Crippen LogP contribution in [0, 0.1) is 11.8 Å². The van der Waals surface area contributed by atoms with Gasteiger partial charge < -0.3 is 9.47 Å². The van der Waals surface area contributed by atoms with Crippen LogP contribution in [0.3, 0.4) is 0 Å². The topological polar surface area (TPSA) is 90.0 Å². The molecule has 7 heteroatoms. The van der Waals surface area contributed by atoms with Gasteiger partial charge in [-0.3, -0.25) is 14.4 Å². The third kappa shape index (κ3) is 3.67. The number of allylic oxidation sites excluding steroid dienone is 3. The molecule has 0 saturated carbocycles. The largest absolute Gasteiger partial charge is 0.469 e. The number of benzene rings is 1. The first-order valence-corrected chi connectivity index (χ1v) is 11.7. The maximum absolute atomic E-state index is 14.2. The Morgan fingerprint density at radius 2 is 1.88 bits per heavy atom. The predicted molar refractivity (Wildman–Crippen MR) is 126 cm³/mol. The van der Waals surface area contributed by atoms with Crippen LogP contribution in [0.25, 0.3) is 0 Å². The monoisotopic (exact) mass is 465 g/mol. The van der Waals surface area contributed by atoms with Crippen molar-refractivity contribution in [2.45, 2.75) is 64.4 Å². The Hall–Kier alpha value is -3.22. The zero-order valence-electron chi connectivity index (χ0n) is 20.3. The van der Waals surface area contributed by atoms with Gasteiger partial charge in [0.25, 0.3) is 0 Å². The van der Waals surface area contributed by atoms with E-state index in [0.29, 0.717) is 17.7 Å². The molecule has 4 rings (SSSR count). The molecule has 1 aliphatic heterocycles. The van der Waals surface area contributed by atoms with E-state index < -0.39 is 34.9 Å².